The summed E-state index contributed by atoms with van der Waals surface area (Å²) in [5.74, 6) is 0.962. The van der Waals surface area contributed by atoms with Crippen LogP contribution in [0.2, 0.25) is 10.3 Å². The summed E-state index contributed by atoms with van der Waals surface area (Å²) in [6.45, 7) is 1.42. The summed E-state index contributed by atoms with van der Waals surface area (Å²) >= 11 is 13.7. The summed E-state index contributed by atoms with van der Waals surface area (Å²) in [7, 11) is 0. The Bertz CT molecular complexity index is 714. The minimum atomic E-state index is 0.509. The second-order valence-electron chi connectivity index (χ2n) is 5.85. The number of nitrogens with zero attached hydrogens (tertiary/aromatic N) is 3. The number of nitrogens with one attached hydrogen (secondary N) is 2. The minimum Gasteiger partial charge on any atom is -0.377 e. The van der Waals surface area contributed by atoms with Crippen LogP contribution in [-0.4, -0.2) is 22.7 Å². The molecule has 5 nitrogen and oxygen atoms in total. The first-order chi connectivity index (χ1) is 11.2. The molecule has 1 aliphatic heterocycles. The second kappa shape index (κ2) is 6.34. The molecule has 0 amide bonds. The lowest BCUT2D eigenvalue weighted by Crippen LogP contribution is -2.33. The van der Waals surface area contributed by atoms with E-state index in [1.807, 2.05) is 11.4 Å². The van der Waals surface area contributed by atoms with Crippen LogP contribution in [0.5, 0.6) is 0 Å². The standard InChI is InChI=1S/C15H17Cl2N5S/c16-11-5-10(18-6-13-20-12(17)7-23-13)14-15(21-11)22(8-19-14)9-3-1-2-4-9/h5,7,9,19H,1-4,6,8H2,(H,18,21). The predicted octanol–water partition coefficient (Wildman–Crippen LogP) is 4.59. The molecule has 1 aliphatic carbocycles. The lowest BCUT2D eigenvalue weighted by Gasteiger charge is -2.24. The molecule has 2 N–H and O–H groups in total. The number of thiazole rings is 1. The Balaban J connectivity index is 1.57. The highest BCUT2D eigenvalue weighted by Crippen LogP contribution is 2.41. The summed E-state index contributed by atoms with van der Waals surface area (Å²) < 4.78 is 0. The molecular formula is C15H17Cl2N5S. The van der Waals surface area contributed by atoms with Crippen LogP contribution < -0.4 is 15.5 Å². The molecule has 0 radical (unpaired) electrons. The van der Waals surface area contributed by atoms with Gasteiger partial charge in [0.05, 0.1) is 18.9 Å². The van der Waals surface area contributed by atoms with Crippen LogP contribution >= 0.6 is 34.5 Å². The number of hydrogen-bond acceptors (Lipinski definition) is 6. The Kier molecular flexibility index (Phi) is 4.22. The van der Waals surface area contributed by atoms with Gasteiger partial charge < -0.3 is 15.5 Å². The van der Waals surface area contributed by atoms with Crippen LogP contribution in [-0.2, 0) is 6.54 Å². The van der Waals surface area contributed by atoms with Crippen LogP contribution in [0, 0.1) is 0 Å². The molecule has 0 bridgehead atoms. The molecule has 0 aromatic carbocycles. The van der Waals surface area contributed by atoms with Gasteiger partial charge in [0.25, 0.3) is 0 Å². The van der Waals surface area contributed by atoms with Gasteiger partial charge in [-0.2, -0.15) is 0 Å². The number of anilines is 3. The summed E-state index contributed by atoms with van der Waals surface area (Å²) in [5, 5.41) is 10.7. The number of fused-ring (bicyclic) bond motifs is 1. The molecule has 0 unspecified atom stereocenters. The van der Waals surface area contributed by atoms with Crippen LogP contribution in [0.15, 0.2) is 11.4 Å². The molecule has 8 heteroatoms. The number of aromatic nitrogens is 2. The lowest BCUT2D eigenvalue weighted by molar-refractivity contribution is 0.629. The Morgan fingerprint density at radius 1 is 1.26 bits per heavy atom. The Hall–Kier alpha value is -1.24. The van der Waals surface area contributed by atoms with Gasteiger partial charge in [0.15, 0.2) is 5.82 Å². The third kappa shape index (κ3) is 3.07. The quantitative estimate of drug-likeness (QED) is 0.771. The fourth-order valence-electron chi connectivity index (χ4n) is 3.32. The number of hydrogen-bond donors (Lipinski definition) is 2. The molecule has 2 aromatic rings. The maximum Gasteiger partial charge on any atom is 0.157 e. The Morgan fingerprint density at radius 2 is 2.09 bits per heavy atom. The van der Waals surface area contributed by atoms with E-state index in [9.17, 15) is 0 Å². The van der Waals surface area contributed by atoms with Crippen molar-refractivity contribution in [3.8, 4) is 0 Å². The van der Waals surface area contributed by atoms with Crippen molar-refractivity contribution >= 4 is 51.7 Å². The van der Waals surface area contributed by atoms with E-state index in [1.54, 1.807) is 11.3 Å². The average Bonchev–Trinajstić information content (AvgIpc) is 3.24. The summed E-state index contributed by atoms with van der Waals surface area (Å²) in [6, 6.07) is 2.43. The summed E-state index contributed by atoms with van der Waals surface area (Å²) in [5.41, 5.74) is 2.00. The van der Waals surface area contributed by atoms with E-state index in [0.29, 0.717) is 22.9 Å². The highest BCUT2D eigenvalue weighted by atomic mass is 35.5. The first kappa shape index (κ1) is 15.3. The first-order valence-electron chi connectivity index (χ1n) is 7.75. The van der Waals surface area contributed by atoms with Gasteiger partial charge >= 0.3 is 0 Å². The van der Waals surface area contributed by atoms with Gasteiger partial charge in [0, 0.05) is 17.5 Å². The molecule has 1 fully saturated rings. The van der Waals surface area contributed by atoms with E-state index in [-0.39, 0.29) is 0 Å². The van der Waals surface area contributed by atoms with Gasteiger partial charge in [-0.25, -0.2) is 9.97 Å². The van der Waals surface area contributed by atoms with Crippen molar-refractivity contribution in [3.05, 3.63) is 26.8 Å². The van der Waals surface area contributed by atoms with Crippen molar-refractivity contribution in [3.63, 3.8) is 0 Å². The molecule has 4 rings (SSSR count). The second-order valence-corrected chi connectivity index (χ2v) is 7.57. The first-order valence-corrected chi connectivity index (χ1v) is 9.39. The molecule has 0 saturated heterocycles. The molecule has 3 heterocycles. The van der Waals surface area contributed by atoms with E-state index in [1.165, 1.54) is 25.7 Å². The van der Waals surface area contributed by atoms with Crippen molar-refractivity contribution in [1.29, 1.82) is 0 Å². The highest BCUT2D eigenvalue weighted by Gasteiger charge is 2.31. The number of halogens is 2. The van der Waals surface area contributed by atoms with Gasteiger partial charge in [0.2, 0.25) is 0 Å². The maximum atomic E-state index is 6.25. The molecule has 0 atom stereocenters. The minimum absolute atomic E-state index is 0.509. The maximum absolute atomic E-state index is 6.25. The smallest absolute Gasteiger partial charge is 0.157 e. The van der Waals surface area contributed by atoms with Crippen LogP contribution in [0.1, 0.15) is 30.7 Å². The van der Waals surface area contributed by atoms with E-state index in [4.69, 9.17) is 23.2 Å². The monoisotopic (exact) mass is 369 g/mol. The van der Waals surface area contributed by atoms with Gasteiger partial charge in [0.1, 0.15) is 21.0 Å². The van der Waals surface area contributed by atoms with Crippen molar-refractivity contribution in [2.75, 3.05) is 22.2 Å². The summed E-state index contributed by atoms with van der Waals surface area (Å²) in [6.07, 6.45) is 5.06. The lowest BCUT2D eigenvalue weighted by atomic mass is 10.2. The van der Waals surface area contributed by atoms with Crippen molar-refractivity contribution < 1.29 is 0 Å². The highest BCUT2D eigenvalue weighted by molar-refractivity contribution is 7.10. The molecule has 0 spiro atoms. The molecule has 2 aromatic heterocycles. The number of pyridine rings is 1. The molecule has 23 heavy (non-hydrogen) atoms. The largest absolute Gasteiger partial charge is 0.377 e. The average molecular weight is 370 g/mol. The van der Waals surface area contributed by atoms with Gasteiger partial charge in [-0.05, 0) is 12.8 Å². The third-order valence-electron chi connectivity index (χ3n) is 4.39. The Morgan fingerprint density at radius 3 is 2.83 bits per heavy atom. The fraction of sp³-hybridized carbons (Fsp3) is 0.467. The van der Waals surface area contributed by atoms with Gasteiger partial charge in [-0.1, -0.05) is 36.0 Å². The molecular weight excluding hydrogens is 353 g/mol. The van der Waals surface area contributed by atoms with Crippen LogP contribution in [0.4, 0.5) is 17.2 Å². The van der Waals surface area contributed by atoms with Crippen LogP contribution in [0.3, 0.4) is 0 Å². The predicted molar refractivity (Wildman–Crippen MR) is 96.9 cm³/mol. The van der Waals surface area contributed by atoms with E-state index in [2.05, 4.69) is 25.5 Å². The summed E-state index contributed by atoms with van der Waals surface area (Å²) in [4.78, 5) is 11.2. The van der Waals surface area contributed by atoms with E-state index < -0.39 is 0 Å². The molecule has 122 valence electrons. The van der Waals surface area contributed by atoms with Crippen molar-refractivity contribution in [2.24, 2.45) is 0 Å². The fourth-order valence-corrected chi connectivity index (χ4v) is 4.39. The Labute approximate surface area is 149 Å². The zero-order valence-electron chi connectivity index (χ0n) is 12.5. The zero-order valence-corrected chi connectivity index (χ0v) is 14.8. The molecule has 1 saturated carbocycles. The van der Waals surface area contributed by atoms with Crippen molar-refractivity contribution in [1.82, 2.24) is 9.97 Å². The number of rotatable bonds is 4. The topological polar surface area (TPSA) is 53.1 Å². The van der Waals surface area contributed by atoms with E-state index >= 15 is 0 Å². The van der Waals surface area contributed by atoms with Gasteiger partial charge in [-0.3, -0.25) is 0 Å². The zero-order chi connectivity index (χ0) is 15.8. The van der Waals surface area contributed by atoms with Gasteiger partial charge in [-0.15, -0.1) is 11.3 Å². The third-order valence-corrected chi connectivity index (χ3v) is 5.75. The normalized spacial score (nSPS) is 17.4. The van der Waals surface area contributed by atoms with Crippen molar-refractivity contribution in [2.45, 2.75) is 38.3 Å². The molecule has 2 aliphatic rings. The van der Waals surface area contributed by atoms with Crippen LogP contribution in [0.25, 0.3) is 0 Å². The van der Waals surface area contributed by atoms with E-state index in [0.717, 1.165) is 28.9 Å². The SMILES string of the molecule is Clc1csc(CNc2cc(Cl)nc3c2NCN3C2CCCC2)n1.